The van der Waals surface area contributed by atoms with E-state index in [9.17, 15) is 0 Å². The molecule has 1 saturated carbocycles. The van der Waals surface area contributed by atoms with Crippen molar-refractivity contribution >= 4 is 23.2 Å². The van der Waals surface area contributed by atoms with Gasteiger partial charge in [-0.3, -0.25) is 0 Å². The van der Waals surface area contributed by atoms with Gasteiger partial charge in [-0.25, -0.2) is 0 Å². The van der Waals surface area contributed by atoms with E-state index in [1.807, 2.05) is 19.2 Å². The highest BCUT2D eigenvalue weighted by atomic mass is 35.5. The molecule has 1 atom stereocenters. The fourth-order valence-electron chi connectivity index (χ4n) is 2.05. The molecular formula is C13H17Cl2N. The van der Waals surface area contributed by atoms with E-state index >= 15 is 0 Å². The lowest BCUT2D eigenvalue weighted by Crippen LogP contribution is -2.17. The zero-order valence-corrected chi connectivity index (χ0v) is 11.0. The maximum Gasteiger partial charge on any atom is 0.0640 e. The van der Waals surface area contributed by atoms with Crippen LogP contribution < -0.4 is 5.32 Å². The summed E-state index contributed by atoms with van der Waals surface area (Å²) < 4.78 is 0. The van der Waals surface area contributed by atoms with Crippen LogP contribution in [0.2, 0.25) is 10.0 Å². The van der Waals surface area contributed by atoms with E-state index in [-0.39, 0.29) is 0 Å². The number of rotatable bonds is 5. The van der Waals surface area contributed by atoms with E-state index in [4.69, 9.17) is 23.2 Å². The predicted molar refractivity (Wildman–Crippen MR) is 70.2 cm³/mol. The average molecular weight is 258 g/mol. The monoisotopic (exact) mass is 257 g/mol. The molecular weight excluding hydrogens is 241 g/mol. The van der Waals surface area contributed by atoms with Gasteiger partial charge in [0.05, 0.1) is 10.0 Å². The fraction of sp³-hybridized carbons (Fsp3) is 0.538. The molecule has 1 aromatic rings. The van der Waals surface area contributed by atoms with Crippen molar-refractivity contribution in [3.8, 4) is 0 Å². The molecule has 1 aromatic carbocycles. The van der Waals surface area contributed by atoms with Crippen LogP contribution in [0.5, 0.6) is 0 Å². The molecule has 1 N–H and O–H groups in total. The first kappa shape index (κ1) is 12.2. The summed E-state index contributed by atoms with van der Waals surface area (Å²) in [5.41, 5.74) is 1.12. The average Bonchev–Trinajstić information content (AvgIpc) is 3.08. The van der Waals surface area contributed by atoms with Crippen LogP contribution in [0.3, 0.4) is 0 Å². The van der Waals surface area contributed by atoms with Gasteiger partial charge in [0.25, 0.3) is 0 Å². The molecule has 3 heteroatoms. The summed E-state index contributed by atoms with van der Waals surface area (Å²) in [4.78, 5) is 0. The van der Waals surface area contributed by atoms with Gasteiger partial charge >= 0.3 is 0 Å². The van der Waals surface area contributed by atoms with Crippen molar-refractivity contribution < 1.29 is 0 Å². The number of hydrogen-bond donors (Lipinski definition) is 1. The summed E-state index contributed by atoms with van der Waals surface area (Å²) in [7, 11) is 1.98. The van der Waals surface area contributed by atoms with Gasteiger partial charge in [-0.1, -0.05) is 48.2 Å². The third-order valence-electron chi connectivity index (χ3n) is 3.27. The van der Waals surface area contributed by atoms with Crippen LogP contribution in [0, 0.1) is 5.92 Å². The maximum absolute atomic E-state index is 6.23. The normalized spacial score (nSPS) is 17.4. The first-order valence-electron chi connectivity index (χ1n) is 5.83. The highest BCUT2D eigenvalue weighted by Crippen LogP contribution is 2.37. The Kier molecular flexibility index (Phi) is 4.12. The molecule has 1 aliphatic rings. The van der Waals surface area contributed by atoms with Gasteiger partial charge in [0.15, 0.2) is 0 Å². The summed E-state index contributed by atoms with van der Waals surface area (Å²) in [5.74, 6) is 0.953. The third-order valence-corrected chi connectivity index (χ3v) is 4.10. The molecule has 0 heterocycles. The quantitative estimate of drug-likeness (QED) is 0.823. The van der Waals surface area contributed by atoms with Gasteiger partial charge in [0.1, 0.15) is 0 Å². The Morgan fingerprint density at radius 1 is 1.38 bits per heavy atom. The first-order chi connectivity index (χ1) is 7.72. The Bertz CT molecular complexity index is 361. The maximum atomic E-state index is 6.23. The molecule has 1 fully saturated rings. The minimum absolute atomic E-state index is 0.326. The van der Waals surface area contributed by atoms with E-state index in [2.05, 4.69) is 11.4 Å². The smallest absolute Gasteiger partial charge is 0.0640 e. The fourth-order valence-corrected chi connectivity index (χ4v) is 2.49. The van der Waals surface area contributed by atoms with Crippen LogP contribution in [0.1, 0.15) is 37.3 Å². The standard InChI is InChI=1S/C13H17Cl2N/c1-16-12(8-7-9-5-6-9)10-3-2-4-11(14)13(10)15/h2-4,9,12,16H,5-8H2,1H3. The van der Waals surface area contributed by atoms with Crippen molar-refractivity contribution in [3.63, 3.8) is 0 Å². The van der Waals surface area contributed by atoms with Gasteiger partial charge in [-0.15, -0.1) is 0 Å². The zero-order chi connectivity index (χ0) is 11.5. The molecule has 0 spiro atoms. The van der Waals surface area contributed by atoms with E-state index in [1.165, 1.54) is 19.3 Å². The van der Waals surface area contributed by atoms with E-state index < -0.39 is 0 Å². The molecule has 1 aliphatic carbocycles. The Balaban J connectivity index is 2.08. The Morgan fingerprint density at radius 2 is 2.12 bits per heavy atom. The van der Waals surface area contributed by atoms with Gasteiger partial charge in [0.2, 0.25) is 0 Å². The second-order valence-electron chi connectivity index (χ2n) is 4.51. The molecule has 1 nitrogen and oxygen atoms in total. The van der Waals surface area contributed by atoms with Crippen LogP contribution in [-0.4, -0.2) is 7.05 Å². The molecule has 88 valence electrons. The Hall–Kier alpha value is -0.240. The van der Waals surface area contributed by atoms with E-state index in [0.29, 0.717) is 16.1 Å². The van der Waals surface area contributed by atoms with Crippen LogP contribution in [-0.2, 0) is 0 Å². The second kappa shape index (κ2) is 5.39. The number of nitrogens with one attached hydrogen (secondary N) is 1. The van der Waals surface area contributed by atoms with Crippen LogP contribution in [0.4, 0.5) is 0 Å². The number of halogens is 2. The molecule has 0 amide bonds. The van der Waals surface area contributed by atoms with Crippen LogP contribution >= 0.6 is 23.2 Å². The molecule has 1 unspecified atom stereocenters. The van der Waals surface area contributed by atoms with Gasteiger partial charge in [-0.05, 0) is 37.4 Å². The number of hydrogen-bond acceptors (Lipinski definition) is 1. The largest absolute Gasteiger partial charge is 0.313 e. The van der Waals surface area contributed by atoms with Crippen molar-refractivity contribution in [2.24, 2.45) is 5.92 Å². The molecule has 16 heavy (non-hydrogen) atoms. The van der Waals surface area contributed by atoms with E-state index in [1.54, 1.807) is 0 Å². The lowest BCUT2D eigenvalue weighted by Gasteiger charge is -2.18. The van der Waals surface area contributed by atoms with Gasteiger partial charge < -0.3 is 5.32 Å². The summed E-state index contributed by atoms with van der Waals surface area (Å²) in [6.45, 7) is 0. The van der Waals surface area contributed by atoms with Crippen molar-refractivity contribution in [1.29, 1.82) is 0 Å². The molecule has 0 radical (unpaired) electrons. The molecule has 0 saturated heterocycles. The molecule has 0 aliphatic heterocycles. The first-order valence-corrected chi connectivity index (χ1v) is 6.59. The lowest BCUT2D eigenvalue weighted by atomic mass is 10.0. The minimum atomic E-state index is 0.326. The van der Waals surface area contributed by atoms with Gasteiger partial charge in [0, 0.05) is 6.04 Å². The highest BCUT2D eigenvalue weighted by molar-refractivity contribution is 6.42. The minimum Gasteiger partial charge on any atom is -0.313 e. The van der Waals surface area contributed by atoms with E-state index in [0.717, 1.165) is 17.9 Å². The van der Waals surface area contributed by atoms with Crippen molar-refractivity contribution in [2.75, 3.05) is 7.05 Å². The third kappa shape index (κ3) is 2.91. The summed E-state index contributed by atoms with van der Waals surface area (Å²) >= 11 is 12.3. The SMILES string of the molecule is CNC(CCC1CC1)c1cccc(Cl)c1Cl. The highest BCUT2D eigenvalue weighted by Gasteiger charge is 2.23. The van der Waals surface area contributed by atoms with Crippen molar-refractivity contribution in [3.05, 3.63) is 33.8 Å². The zero-order valence-electron chi connectivity index (χ0n) is 9.47. The molecule has 0 bridgehead atoms. The Morgan fingerprint density at radius 3 is 2.75 bits per heavy atom. The predicted octanol–water partition coefficient (Wildman–Crippen LogP) is 4.44. The molecule has 2 rings (SSSR count). The Labute approximate surface area is 107 Å². The summed E-state index contributed by atoms with van der Waals surface area (Å²) in [5, 5.41) is 4.66. The van der Waals surface area contributed by atoms with Crippen molar-refractivity contribution in [2.45, 2.75) is 31.7 Å². The topological polar surface area (TPSA) is 12.0 Å². The summed E-state index contributed by atoms with van der Waals surface area (Å²) in [6.07, 6.45) is 5.23. The second-order valence-corrected chi connectivity index (χ2v) is 5.29. The lowest BCUT2D eigenvalue weighted by molar-refractivity contribution is 0.506. The summed E-state index contributed by atoms with van der Waals surface area (Å²) in [6, 6.07) is 6.18. The van der Waals surface area contributed by atoms with Gasteiger partial charge in [-0.2, -0.15) is 0 Å². The number of benzene rings is 1. The molecule has 0 aromatic heterocycles. The van der Waals surface area contributed by atoms with Crippen LogP contribution in [0.25, 0.3) is 0 Å². The van der Waals surface area contributed by atoms with Crippen LogP contribution in [0.15, 0.2) is 18.2 Å². The van der Waals surface area contributed by atoms with Crippen molar-refractivity contribution in [1.82, 2.24) is 5.32 Å².